The van der Waals surface area contributed by atoms with Crippen molar-refractivity contribution in [3.63, 3.8) is 0 Å². The van der Waals surface area contributed by atoms with Crippen LogP contribution in [0.3, 0.4) is 0 Å². The summed E-state index contributed by atoms with van der Waals surface area (Å²) >= 11 is 0. The average molecular weight is 161 g/mol. The minimum absolute atomic E-state index is 0.773. The summed E-state index contributed by atoms with van der Waals surface area (Å²) in [7, 11) is 0. The summed E-state index contributed by atoms with van der Waals surface area (Å²) in [5, 5.41) is 0. The number of fused-ring (bicyclic) bond motifs is 1. The number of nitrogens with zero attached hydrogens (tertiary/aromatic N) is 3. The van der Waals surface area contributed by atoms with Crippen LogP contribution < -0.4 is 0 Å². The zero-order valence-electron chi connectivity index (χ0n) is 7.07. The number of imidazole rings is 1. The normalized spacial score (nSPS) is 10.8. The van der Waals surface area contributed by atoms with Crippen molar-refractivity contribution in [2.75, 3.05) is 0 Å². The summed E-state index contributed by atoms with van der Waals surface area (Å²) in [6.07, 6.45) is 9.90. The summed E-state index contributed by atoms with van der Waals surface area (Å²) in [4.78, 5) is 8.28. The first kappa shape index (κ1) is 7.28. The van der Waals surface area contributed by atoms with Crippen molar-refractivity contribution in [3.05, 3.63) is 30.4 Å². The molecule has 2 heterocycles. The van der Waals surface area contributed by atoms with Crippen molar-refractivity contribution in [2.45, 2.75) is 19.8 Å². The first-order valence-electron chi connectivity index (χ1n) is 4.17. The lowest BCUT2D eigenvalue weighted by Gasteiger charge is -1.97. The van der Waals surface area contributed by atoms with Crippen LogP contribution in [0.2, 0.25) is 0 Å². The van der Waals surface area contributed by atoms with Gasteiger partial charge in [0.1, 0.15) is 0 Å². The first-order chi connectivity index (χ1) is 5.90. The Bertz CT molecular complexity index is 378. The Hall–Kier alpha value is -1.38. The molecular formula is C9H11N3. The molecule has 0 aliphatic heterocycles. The van der Waals surface area contributed by atoms with Crippen LogP contribution in [0.15, 0.2) is 24.8 Å². The van der Waals surface area contributed by atoms with E-state index in [-0.39, 0.29) is 0 Å². The van der Waals surface area contributed by atoms with Crippen molar-refractivity contribution >= 4 is 5.78 Å². The smallest absolute Gasteiger partial charge is 0.233 e. The van der Waals surface area contributed by atoms with E-state index in [9.17, 15) is 0 Å². The third kappa shape index (κ3) is 1.18. The Labute approximate surface area is 71.1 Å². The predicted octanol–water partition coefficient (Wildman–Crippen LogP) is 1.68. The second kappa shape index (κ2) is 2.93. The van der Waals surface area contributed by atoms with Crippen LogP contribution in [0.4, 0.5) is 0 Å². The van der Waals surface area contributed by atoms with Crippen LogP contribution in [0.1, 0.15) is 18.9 Å². The highest BCUT2D eigenvalue weighted by atomic mass is 15.1. The molecule has 0 N–H and O–H groups in total. The lowest BCUT2D eigenvalue weighted by molar-refractivity contribution is 0.896. The quantitative estimate of drug-likeness (QED) is 0.670. The second-order valence-electron chi connectivity index (χ2n) is 2.85. The van der Waals surface area contributed by atoms with Gasteiger partial charge in [0.25, 0.3) is 0 Å². The molecule has 0 aromatic carbocycles. The van der Waals surface area contributed by atoms with Crippen molar-refractivity contribution in [1.29, 1.82) is 0 Å². The van der Waals surface area contributed by atoms with Crippen molar-refractivity contribution in [3.8, 4) is 0 Å². The molecule has 3 nitrogen and oxygen atoms in total. The molecule has 0 aliphatic rings. The van der Waals surface area contributed by atoms with Gasteiger partial charge in [0.05, 0.1) is 0 Å². The maximum atomic E-state index is 4.21. The fourth-order valence-corrected chi connectivity index (χ4v) is 1.28. The number of hydrogen-bond donors (Lipinski definition) is 0. The molecule has 62 valence electrons. The molecule has 0 fully saturated rings. The summed E-state index contributed by atoms with van der Waals surface area (Å²) in [5.41, 5.74) is 1.27. The first-order valence-corrected chi connectivity index (χ1v) is 4.17. The summed E-state index contributed by atoms with van der Waals surface area (Å²) in [6, 6.07) is 0. The van der Waals surface area contributed by atoms with E-state index in [1.165, 1.54) is 5.56 Å². The van der Waals surface area contributed by atoms with E-state index in [2.05, 4.69) is 23.1 Å². The number of rotatable bonds is 2. The molecule has 0 saturated heterocycles. The number of hydrogen-bond acceptors (Lipinski definition) is 2. The third-order valence-corrected chi connectivity index (χ3v) is 1.84. The van der Waals surface area contributed by atoms with E-state index in [1.807, 2.05) is 16.8 Å². The zero-order chi connectivity index (χ0) is 8.39. The molecule has 2 aromatic heterocycles. The van der Waals surface area contributed by atoms with Crippen LogP contribution in [-0.2, 0) is 6.42 Å². The van der Waals surface area contributed by atoms with Gasteiger partial charge in [0.15, 0.2) is 0 Å². The molecule has 2 rings (SSSR count). The topological polar surface area (TPSA) is 30.2 Å². The van der Waals surface area contributed by atoms with Crippen LogP contribution in [0, 0.1) is 0 Å². The van der Waals surface area contributed by atoms with Crippen LogP contribution in [0.5, 0.6) is 0 Å². The SMILES string of the molecule is CCCc1cnc2nccn2c1. The predicted molar refractivity (Wildman–Crippen MR) is 47.0 cm³/mol. The van der Waals surface area contributed by atoms with Gasteiger partial charge in [-0.25, -0.2) is 9.97 Å². The Morgan fingerprint density at radius 2 is 2.33 bits per heavy atom. The maximum absolute atomic E-state index is 4.21. The van der Waals surface area contributed by atoms with Crippen LogP contribution in [-0.4, -0.2) is 14.4 Å². The molecule has 0 atom stereocenters. The number of aromatic nitrogens is 3. The molecule has 2 aromatic rings. The van der Waals surface area contributed by atoms with E-state index < -0.39 is 0 Å². The fourth-order valence-electron chi connectivity index (χ4n) is 1.28. The highest BCUT2D eigenvalue weighted by Gasteiger charge is 1.95. The van der Waals surface area contributed by atoms with E-state index >= 15 is 0 Å². The van der Waals surface area contributed by atoms with Crippen molar-refractivity contribution < 1.29 is 0 Å². The maximum Gasteiger partial charge on any atom is 0.233 e. The average Bonchev–Trinajstić information content (AvgIpc) is 2.51. The molecule has 0 radical (unpaired) electrons. The molecule has 0 unspecified atom stereocenters. The van der Waals surface area contributed by atoms with Gasteiger partial charge < -0.3 is 0 Å². The van der Waals surface area contributed by atoms with Gasteiger partial charge in [0.2, 0.25) is 5.78 Å². The van der Waals surface area contributed by atoms with Gasteiger partial charge in [-0.3, -0.25) is 4.40 Å². The summed E-state index contributed by atoms with van der Waals surface area (Å²) in [5.74, 6) is 0.773. The van der Waals surface area contributed by atoms with Gasteiger partial charge in [0, 0.05) is 24.8 Å². The Morgan fingerprint density at radius 1 is 1.42 bits per heavy atom. The standard InChI is InChI=1S/C9H11N3/c1-2-3-8-6-11-9-10-4-5-12(9)7-8/h4-7H,2-3H2,1H3. The van der Waals surface area contributed by atoms with E-state index in [0.717, 1.165) is 18.6 Å². The van der Waals surface area contributed by atoms with E-state index in [1.54, 1.807) is 6.20 Å². The Kier molecular flexibility index (Phi) is 1.78. The van der Waals surface area contributed by atoms with Gasteiger partial charge in [-0.2, -0.15) is 0 Å². The van der Waals surface area contributed by atoms with Gasteiger partial charge >= 0.3 is 0 Å². The Morgan fingerprint density at radius 3 is 3.17 bits per heavy atom. The van der Waals surface area contributed by atoms with Crippen LogP contribution >= 0.6 is 0 Å². The van der Waals surface area contributed by atoms with Gasteiger partial charge in [-0.05, 0) is 12.0 Å². The lowest BCUT2D eigenvalue weighted by atomic mass is 10.2. The minimum Gasteiger partial charge on any atom is -0.291 e. The molecule has 0 amide bonds. The van der Waals surface area contributed by atoms with Crippen molar-refractivity contribution in [1.82, 2.24) is 14.4 Å². The van der Waals surface area contributed by atoms with E-state index in [4.69, 9.17) is 0 Å². The second-order valence-corrected chi connectivity index (χ2v) is 2.85. The highest BCUT2D eigenvalue weighted by Crippen LogP contribution is 2.03. The van der Waals surface area contributed by atoms with Gasteiger partial charge in [-0.1, -0.05) is 13.3 Å². The van der Waals surface area contributed by atoms with Gasteiger partial charge in [-0.15, -0.1) is 0 Å². The highest BCUT2D eigenvalue weighted by molar-refractivity contribution is 5.28. The molecule has 0 saturated carbocycles. The largest absolute Gasteiger partial charge is 0.291 e. The van der Waals surface area contributed by atoms with Crippen LogP contribution in [0.25, 0.3) is 5.78 Å². The molecule has 0 bridgehead atoms. The minimum atomic E-state index is 0.773. The molecule has 3 heteroatoms. The summed E-state index contributed by atoms with van der Waals surface area (Å²) in [6.45, 7) is 2.16. The zero-order valence-corrected chi connectivity index (χ0v) is 7.07. The fraction of sp³-hybridized carbons (Fsp3) is 0.333. The molecular weight excluding hydrogens is 150 g/mol. The molecule has 0 aliphatic carbocycles. The number of aryl methyl sites for hydroxylation is 1. The van der Waals surface area contributed by atoms with Crippen molar-refractivity contribution in [2.24, 2.45) is 0 Å². The monoisotopic (exact) mass is 161 g/mol. The summed E-state index contributed by atoms with van der Waals surface area (Å²) < 4.78 is 1.95. The van der Waals surface area contributed by atoms with E-state index in [0.29, 0.717) is 0 Å². The molecule has 12 heavy (non-hydrogen) atoms. The third-order valence-electron chi connectivity index (χ3n) is 1.84. The lowest BCUT2D eigenvalue weighted by Crippen LogP contribution is -1.92. The Balaban J connectivity index is 2.46. The molecule has 0 spiro atoms.